The van der Waals surface area contributed by atoms with E-state index < -0.39 is 23.5 Å². The number of nitrogens with one attached hydrogen (secondary N) is 1. The Morgan fingerprint density at radius 2 is 1.94 bits per heavy atom. The highest BCUT2D eigenvalue weighted by molar-refractivity contribution is 9.10. The van der Waals surface area contributed by atoms with Crippen LogP contribution in [0.1, 0.15) is 23.2 Å². The van der Waals surface area contributed by atoms with E-state index in [2.05, 4.69) is 21.2 Å². The number of carboxylic acid groups (broad SMARTS) is 1. The Morgan fingerprint density at radius 3 is 2.56 bits per heavy atom. The molecule has 7 heteroatoms. The first kappa shape index (κ1) is 14.6. The van der Waals surface area contributed by atoms with Crippen molar-refractivity contribution in [2.24, 2.45) is 0 Å². The second-order valence-electron chi connectivity index (χ2n) is 3.48. The van der Waals surface area contributed by atoms with Gasteiger partial charge in [-0.1, -0.05) is 0 Å². The molecule has 0 radical (unpaired) electrons. The van der Waals surface area contributed by atoms with E-state index in [1.54, 1.807) is 0 Å². The first-order chi connectivity index (χ1) is 8.43. The molecule has 1 amide bonds. The summed E-state index contributed by atoms with van der Waals surface area (Å²) in [7, 11) is 0. The second-order valence-corrected chi connectivity index (χ2v) is 4.34. The smallest absolute Gasteiger partial charge is 0.404 e. The van der Waals surface area contributed by atoms with Gasteiger partial charge in [0.15, 0.2) is 17.4 Å². The number of amides is 1. The summed E-state index contributed by atoms with van der Waals surface area (Å²) in [4.78, 5) is 21.7. The molecular weight excluding hydrogens is 312 g/mol. The largest absolute Gasteiger partial charge is 0.465 e. The molecule has 0 aliphatic heterocycles. The van der Waals surface area contributed by atoms with Crippen molar-refractivity contribution in [3.63, 3.8) is 0 Å². The molecule has 2 N–H and O–H groups in total. The Hall–Kier alpha value is -1.50. The average Bonchev–Trinajstić information content (AvgIpc) is 2.31. The van der Waals surface area contributed by atoms with Crippen molar-refractivity contribution in [3.05, 3.63) is 33.8 Å². The molecule has 0 saturated carbocycles. The number of hydrogen-bond acceptors (Lipinski definition) is 2. The number of ketones is 1. The summed E-state index contributed by atoms with van der Waals surface area (Å²) in [5, 5.41) is 10.4. The number of carbonyl (C=O) groups excluding carboxylic acids is 1. The number of hydrogen-bond donors (Lipinski definition) is 2. The minimum absolute atomic E-state index is 0.0518. The Morgan fingerprint density at radius 1 is 1.28 bits per heavy atom. The van der Waals surface area contributed by atoms with Crippen molar-refractivity contribution < 1.29 is 23.5 Å². The summed E-state index contributed by atoms with van der Waals surface area (Å²) in [6, 6.07) is 2.44. The van der Waals surface area contributed by atoms with E-state index in [0.29, 0.717) is 0 Å². The lowest BCUT2D eigenvalue weighted by atomic mass is 10.1. The molecule has 98 valence electrons. The highest BCUT2D eigenvalue weighted by Gasteiger charge is 2.17. The van der Waals surface area contributed by atoms with Crippen molar-refractivity contribution in [1.82, 2.24) is 5.32 Å². The highest BCUT2D eigenvalue weighted by Crippen LogP contribution is 2.22. The maximum atomic E-state index is 13.4. The van der Waals surface area contributed by atoms with Crippen LogP contribution < -0.4 is 5.32 Å². The molecule has 0 bridgehead atoms. The summed E-state index contributed by atoms with van der Waals surface area (Å²) in [5.74, 6) is -2.86. The number of halogens is 3. The second kappa shape index (κ2) is 6.44. The van der Waals surface area contributed by atoms with Crippen LogP contribution in [0.15, 0.2) is 16.6 Å². The molecule has 0 aliphatic carbocycles. The van der Waals surface area contributed by atoms with Crippen LogP contribution in [-0.4, -0.2) is 23.5 Å². The SMILES string of the molecule is O=C(O)NCCCC(=O)c1ccc(Br)c(F)c1F. The lowest BCUT2D eigenvalue weighted by Crippen LogP contribution is -2.22. The average molecular weight is 322 g/mol. The molecule has 18 heavy (non-hydrogen) atoms. The van der Waals surface area contributed by atoms with Gasteiger partial charge in [-0.25, -0.2) is 13.6 Å². The molecule has 0 heterocycles. The zero-order chi connectivity index (χ0) is 13.7. The maximum Gasteiger partial charge on any atom is 0.404 e. The summed E-state index contributed by atoms with van der Waals surface area (Å²) in [6.45, 7) is 0.0850. The number of Topliss-reactive ketones (excluding diaryl/α,β-unsaturated/α-hetero) is 1. The van der Waals surface area contributed by atoms with Crippen molar-refractivity contribution in [3.8, 4) is 0 Å². The third-order valence-electron chi connectivity index (χ3n) is 2.19. The van der Waals surface area contributed by atoms with E-state index in [1.807, 2.05) is 0 Å². The molecule has 0 spiro atoms. The predicted octanol–water partition coefficient (Wildman–Crippen LogP) is 2.96. The van der Waals surface area contributed by atoms with Crippen LogP contribution in [0.25, 0.3) is 0 Å². The standard InChI is InChI=1S/C11H10BrF2NO3/c12-7-4-3-6(9(13)10(7)14)8(16)2-1-5-15-11(17)18/h3-4,15H,1-2,5H2,(H,17,18). The van der Waals surface area contributed by atoms with E-state index in [0.717, 1.165) is 0 Å². The van der Waals surface area contributed by atoms with Gasteiger partial charge in [-0.3, -0.25) is 4.79 Å². The lowest BCUT2D eigenvalue weighted by Gasteiger charge is -2.05. The van der Waals surface area contributed by atoms with E-state index >= 15 is 0 Å². The van der Waals surface area contributed by atoms with Crippen molar-refractivity contribution in [1.29, 1.82) is 0 Å². The van der Waals surface area contributed by atoms with Crippen molar-refractivity contribution in [2.45, 2.75) is 12.8 Å². The normalized spacial score (nSPS) is 10.2. The molecule has 1 aromatic rings. The Balaban J connectivity index is 2.62. The van der Waals surface area contributed by atoms with Gasteiger partial charge in [0.2, 0.25) is 0 Å². The van der Waals surface area contributed by atoms with E-state index in [-0.39, 0.29) is 29.4 Å². The fourth-order valence-corrected chi connectivity index (χ4v) is 1.63. The Labute approximate surface area is 110 Å². The molecule has 0 unspecified atom stereocenters. The fraction of sp³-hybridized carbons (Fsp3) is 0.273. The van der Waals surface area contributed by atoms with Gasteiger partial charge in [0.25, 0.3) is 0 Å². The van der Waals surface area contributed by atoms with Crippen LogP contribution in [0.5, 0.6) is 0 Å². The van der Waals surface area contributed by atoms with Gasteiger partial charge in [0.05, 0.1) is 10.0 Å². The van der Waals surface area contributed by atoms with Crippen LogP contribution in [0.3, 0.4) is 0 Å². The van der Waals surface area contributed by atoms with E-state index in [1.165, 1.54) is 12.1 Å². The third kappa shape index (κ3) is 3.76. The molecule has 0 atom stereocenters. The summed E-state index contributed by atoms with van der Waals surface area (Å²) >= 11 is 2.81. The fourth-order valence-electron chi connectivity index (χ4n) is 1.32. The van der Waals surface area contributed by atoms with Gasteiger partial charge in [0, 0.05) is 13.0 Å². The summed E-state index contributed by atoms with van der Waals surface area (Å²) < 4.78 is 26.5. The number of rotatable bonds is 5. The predicted molar refractivity (Wildman–Crippen MR) is 63.7 cm³/mol. The molecule has 1 aromatic carbocycles. The number of carbonyl (C=O) groups is 2. The molecule has 0 fully saturated rings. The third-order valence-corrected chi connectivity index (χ3v) is 2.80. The van der Waals surface area contributed by atoms with Gasteiger partial charge < -0.3 is 10.4 Å². The molecule has 0 aromatic heterocycles. The van der Waals surface area contributed by atoms with Gasteiger partial charge >= 0.3 is 6.09 Å². The zero-order valence-electron chi connectivity index (χ0n) is 9.17. The first-order valence-electron chi connectivity index (χ1n) is 5.07. The molecule has 1 rings (SSSR count). The molecular formula is C11H10BrF2NO3. The van der Waals surface area contributed by atoms with Crippen molar-refractivity contribution in [2.75, 3.05) is 6.54 Å². The summed E-state index contributed by atoms with van der Waals surface area (Å²) in [5.41, 5.74) is -0.328. The minimum Gasteiger partial charge on any atom is -0.465 e. The lowest BCUT2D eigenvalue weighted by molar-refractivity contribution is 0.0974. The first-order valence-corrected chi connectivity index (χ1v) is 5.86. The van der Waals surface area contributed by atoms with E-state index in [9.17, 15) is 18.4 Å². The van der Waals surface area contributed by atoms with Crippen LogP contribution in [0, 0.1) is 11.6 Å². The monoisotopic (exact) mass is 321 g/mol. The zero-order valence-corrected chi connectivity index (χ0v) is 10.8. The highest BCUT2D eigenvalue weighted by atomic mass is 79.9. The topological polar surface area (TPSA) is 66.4 Å². The Bertz CT molecular complexity index is 480. The van der Waals surface area contributed by atoms with Gasteiger partial charge in [0.1, 0.15) is 0 Å². The van der Waals surface area contributed by atoms with Crippen LogP contribution in [0.2, 0.25) is 0 Å². The quantitative estimate of drug-likeness (QED) is 0.498. The maximum absolute atomic E-state index is 13.4. The van der Waals surface area contributed by atoms with Gasteiger partial charge in [-0.2, -0.15) is 0 Å². The van der Waals surface area contributed by atoms with Crippen LogP contribution in [0.4, 0.5) is 13.6 Å². The van der Waals surface area contributed by atoms with Crippen molar-refractivity contribution >= 4 is 27.8 Å². The van der Waals surface area contributed by atoms with Crippen LogP contribution in [-0.2, 0) is 0 Å². The summed E-state index contributed by atoms with van der Waals surface area (Å²) in [6.07, 6.45) is -1.02. The Kier molecular flexibility index (Phi) is 5.21. The van der Waals surface area contributed by atoms with E-state index in [4.69, 9.17) is 5.11 Å². The molecule has 0 aliphatic rings. The van der Waals surface area contributed by atoms with Gasteiger partial charge in [-0.05, 0) is 34.5 Å². The molecule has 4 nitrogen and oxygen atoms in total. The minimum atomic E-state index is -1.19. The van der Waals surface area contributed by atoms with Gasteiger partial charge in [-0.15, -0.1) is 0 Å². The van der Waals surface area contributed by atoms with Crippen LogP contribution >= 0.6 is 15.9 Å². The number of benzene rings is 1. The molecule has 0 saturated heterocycles.